The second-order valence-electron chi connectivity index (χ2n) is 5.07. The van der Waals surface area contributed by atoms with Gasteiger partial charge in [0.2, 0.25) is 0 Å². The van der Waals surface area contributed by atoms with Crippen LogP contribution in [0.3, 0.4) is 0 Å². The second kappa shape index (κ2) is 7.28. The van der Waals surface area contributed by atoms with Crippen LogP contribution in [0.2, 0.25) is 0 Å². The van der Waals surface area contributed by atoms with Crippen molar-refractivity contribution in [3.8, 4) is 5.75 Å². The van der Waals surface area contributed by atoms with Crippen molar-refractivity contribution in [1.82, 2.24) is 0 Å². The fourth-order valence-electron chi connectivity index (χ4n) is 2.81. The van der Waals surface area contributed by atoms with Gasteiger partial charge in [-0.2, -0.15) is 0 Å². The maximum atomic E-state index is 6.41. The number of thioether (sulfide) groups is 1. The van der Waals surface area contributed by atoms with Crippen molar-refractivity contribution in [2.75, 3.05) is 7.11 Å². The predicted octanol–water partition coefficient (Wildman–Crippen LogP) is 4.86. The molecule has 0 bridgehead atoms. The SMILES string of the molecule is CCCC1(CCC)Sc2cccc(OC)c2C=C1N.Cl. The zero-order valence-electron chi connectivity index (χ0n) is 12.4. The Morgan fingerprint density at radius 1 is 1.20 bits per heavy atom. The lowest BCUT2D eigenvalue weighted by atomic mass is 9.92. The average molecular weight is 314 g/mol. The summed E-state index contributed by atoms with van der Waals surface area (Å²) in [5.41, 5.74) is 8.54. The molecule has 0 fully saturated rings. The van der Waals surface area contributed by atoms with Gasteiger partial charge in [-0.3, -0.25) is 0 Å². The van der Waals surface area contributed by atoms with Gasteiger partial charge in [0.15, 0.2) is 0 Å². The highest BCUT2D eigenvalue weighted by Gasteiger charge is 2.36. The number of rotatable bonds is 5. The van der Waals surface area contributed by atoms with E-state index in [9.17, 15) is 0 Å². The molecule has 4 heteroatoms. The molecule has 112 valence electrons. The van der Waals surface area contributed by atoms with E-state index in [1.54, 1.807) is 7.11 Å². The van der Waals surface area contributed by atoms with Gasteiger partial charge in [-0.15, -0.1) is 24.2 Å². The number of nitrogens with two attached hydrogens (primary N) is 1. The monoisotopic (exact) mass is 313 g/mol. The van der Waals surface area contributed by atoms with Gasteiger partial charge in [-0.05, 0) is 31.1 Å². The van der Waals surface area contributed by atoms with Gasteiger partial charge in [0.1, 0.15) is 5.75 Å². The van der Waals surface area contributed by atoms with Gasteiger partial charge >= 0.3 is 0 Å². The zero-order valence-corrected chi connectivity index (χ0v) is 14.1. The van der Waals surface area contributed by atoms with Gasteiger partial charge in [0.25, 0.3) is 0 Å². The summed E-state index contributed by atoms with van der Waals surface area (Å²) in [6.07, 6.45) is 6.69. The average Bonchev–Trinajstić information content (AvgIpc) is 2.40. The van der Waals surface area contributed by atoms with Crippen LogP contribution in [-0.4, -0.2) is 11.9 Å². The highest BCUT2D eigenvalue weighted by Crippen LogP contribution is 2.50. The van der Waals surface area contributed by atoms with E-state index < -0.39 is 0 Å². The summed E-state index contributed by atoms with van der Waals surface area (Å²) in [7, 11) is 1.71. The summed E-state index contributed by atoms with van der Waals surface area (Å²) in [5.74, 6) is 0.912. The number of methoxy groups -OCH3 is 1. The first-order valence-electron chi connectivity index (χ1n) is 7.00. The van der Waals surface area contributed by atoms with Gasteiger partial charge < -0.3 is 10.5 Å². The molecule has 1 aliphatic rings. The third-order valence-corrected chi connectivity index (χ3v) is 5.30. The minimum atomic E-state index is 0. The third-order valence-electron chi connectivity index (χ3n) is 3.68. The molecule has 2 rings (SSSR count). The largest absolute Gasteiger partial charge is 0.496 e. The lowest BCUT2D eigenvalue weighted by molar-refractivity contribution is 0.412. The minimum Gasteiger partial charge on any atom is -0.496 e. The zero-order chi connectivity index (χ0) is 13.9. The molecule has 0 amide bonds. The van der Waals surface area contributed by atoms with E-state index >= 15 is 0 Å². The van der Waals surface area contributed by atoms with Gasteiger partial charge in [0, 0.05) is 16.2 Å². The smallest absolute Gasteiger partial charge is 0.127 e. The summed E-state index contributed by atoms with van der Waals surface area (Å²) in [4.78, 5) is 1.29. The topological polar surface area (TPSA) is 35.2 Å². The molecule has 1 aromatic carbocycles. The van der Waals surface area contributed by atoms with Crippen LogP contribution in [0.25, 0.3) is 6.08 Å². The number of fused-ring (bicyclic) bond motifs is 1. The number of hydrogen-bond donors (Lipinski definition) is 1. The van der Waals surface area contributed by atoms with Crippen LogP contribution in [0.5, 0.6) is 5.75 Å². The lowest BCUT2D eigenvalue weighted by Gasteiger charge is -2.37. The predicted molar refractivity (Wildman–Crippen MR) is 90.8 cm³/mol. The molecule has 1 aliphatic heterocycles. The first-order valence-corrected chi connectivity index (χ1v) is 7.82. The molecule has 0 saturated carbocycles. The van der Waals surface area contributed by atoms with Crippen LogP contribution in [-0.2, 0) is 0 Å². The Bertz CT molecular complexity index is 481. The van der Waals surface area contributed by atoms with Crippen LogP contribution < -0.4 is 10.5 Å². The van der Waals surface area contributed by atoms with Crippen molar-refractivity contribution >= 4 is 30.2 Å². The standard InChI is InChI=1S/C16H23NOS.ClH/c1-4-9-16(10-5-2)15(17)11-12-13(18-3)7-6-8-14(12)19-16;/h6-8,11H,4-5,9-10,17H2,1-3H3;1H. The van der Waals surface area contributed by atoms with E-state index in [0.29, 0.717) is 0 Å². The molecule has 0 atom stereocenters. The molecule has 2 nitrogen and oxygen atoms in total. The van der Waals surface area contributed by atoms with Crippen molar-refractivity contribution in [2.45, 2.75) is 49.2 Å². The molecule has 0 radical (unpaired) electrons. The molecule has 20 heavy (non-hydrogen) atoms. The molecule has 0 saturated heterocycles. The van der Waals surface area contributed by atoms with Gasteiger partial charge in [0.05, 0.1) is 11.9 Å². The van der Waals surface area contributed by atoms with Gasteiger partial charge in [-0.25, -0.2) is 0 Å². The van der Waals surface area contributed by atoms with E-state index in [0.717, 1.165) is 42.7 Å². The fourth-order valence-corrected chi connectivity index (χ4v) is 4.44. The Kier molecular flexibility index (Phi) is 6.28. The molecule has 0 unspecified atom stereocenters. The van der Waals surface area contributed by atoms with E-state index in [1.165, 1.54) is 4.90 Å². The van der Waals surface area contributed by atoms with Crippen molar-refractivity contribution in [2.24, 2.45) is 5.73 Å². The Balaban J connectivity index is 0.00000200. The molecule has 0 aliphatic carbocycles. The van der Waals surface area contributed by atoms with Gasteiger partial charge in [-0.1, -0.05) is 32.8 Å². The Morgan fingerprint density at radius 2 is 1.85 bits per heavy atom. The number of hydrogen-bond acceptors (Lipinski definition) is 3. The fraction of sp³-hybridized carbons (Fsp3) is 0.500. The van der Waals surface area contributed by atoms with Crippen LogP contribution in [0.15, 0.2) is 28.8 Å². The quantitative estimate of drug-likeness (QED) is 0.843. The van der Waals surface area contributed by atoms with E-state index in [4.69, 9.17) is 10.5 Å². The lowest BCUT2D eigenvalue weighted by Crippen LogP contribution is -2.33. The number of halogens is 1. The van der Waals surface area contributed by atoms with Crippen molar-refractivity contribution in [1.29, 1.82) is 0 Å². The molecule has 1 aromatic rings. The van der Waals surface area contributed by atoms with E-state index in [-0.39, 0.29) is 17.2 Å². The Labute approximate surface area is 132 Å². The Morgan fingerprint density at radius 3 is 2.40 bits per heavy atom. The molecule has 0 spiro atoms. The van der Waals surface area contributed by atoms with Crippen molar-refractivity contribution in [3.63, 3.8) is 0 Å². The number of benzene rings is 1. The third kappa shape index (κ3) is 3.09. The van der Waals surface area contributed by atoms with Crippen molar-refractivity contribution in [3.05, 3.63) is 29.5 Å². The number of ether oxygens (including phenoxy) is 1. The van der Waals surface area contributed by atoms with E-state index in [1.807, 2.05) is 17.8 Å². The first-order chi connectivity index (χ1) is 9.16. The molecular weight excluding hydrogens is 290 g/mol. The molecule has 2 N–H and O–H groups in total. The summed E-state index contributed by atoms with van der Waals surface area (Å²) < 4.78 is 5.51. The highest BCUT2D eigenvalue weighted by molar-refractivity contribution is 8.01. The van der Waals surface area contributed by atoms with Crippen molar-refractivity contribution < 1.29 is 4.74 Å². The summed E-state index contributed by atoms with van der Waals surface area (Å²) in [5, 5.41) is 0. The van der Waals surface area contributed by atoms with E-state index in [2.05, 4.69) is 32.1 Å². The minimum absolute atomic E-state index is 0. The normalized spacial score (nSPS) is 15.8. The second-order valence-corrected chi connectivity index (χ2v) is 6.49. The maximum absolute atomic E-state index is 6.41. The van der Waals surface area contributed by atoms with Crippen LogP contribution >= 0.6 is 24.2 Å². The molecule has 1 heterocycles. The van der Waals surface area contributed by atoms with Crippen LogP contribution in [0.4, 0.5) is 0 Å². The maximum Gasteiger partial charge on any atom is 0.127 e. The summed E-state index contributed by atoms with van der Waals surface area (Å²) in [6.45, 7) is 4.46. The molecular formula is C16H24ClNOS. The Hall–Kier alpha value is -0.800. The summed E-state index contributed by atoms with van der Waals surface area (Å²) in [6, 6.07) is 6.23. The molecule has 0 aromatic heterocycles. The first kappa shape index (κ1) is 17.3. The van der Waals surface area contributed by atoms with Crippen LogP contribution in [0, 0.1) is 0 Å². The highest BCUT2D eigenvalue weighted by atomic mass is 35.5. The summed E-state index contributed by atoms with van der Waals surface area (Å²) >= 11 is 1.92. The van der Waals surface area contributed by atoms with Crippen LogP contribution in [0.1, 0.15) is 45.1 Å².